The Balaban J connectivity index is 0. The average Bonchev–Trinajstić information content (AvgIpc) is 1.81. The van der Waals surface area contributed by atoms with Gasteiger partial charge < -0.3 is 6.92 Å². The van der Waals surface area contributed by atoms with Gasteiger partial charge in [0.15, 0.2) is 0 Å². The van der Waals surface area contributed by atoms with E-state index in [-0.39, 0.29) is 21.1 Å². The molecule has 0 aliphatic carbocycles. The second-order valence-corrected chi connectivity index (χ2v) is 1.90. The standard InChI is InChI=1S/C8H15.W/c1-3-5-7-8-6-4-2;/h5,7H,1,3-4,6,8H2,2H3;/q-1;/b7-5+;. The van der Waals surface area contributed by atoms with Crippen LogP contribution in [0.1, 0.15) is 32.6 Å². The van der Waals surface area contributed by atoms with Gasteiger partial charge >= 0.3 is 0 Å². The molecule has 0 N–H and O–H groups in total. The Labute approximate surface area is 73.0 Å². The first-order valence-corrected chi connectivity index (χ1v) is 3.36. The monoisotopic (exact) mass is 295 g/mol. The number of hydrogen-bond acceptors (Lipinski definition) is 0. The maximum absolute atomic E-state index is 3.70. The summed E-state index contributed by atoms with van der Waals surface area (Å²) in [6.45, 7) is 5.90. The zero-order chi connectivity index (χ0) is 6.24. The van der Waals surface area contributed by atoms with Crippen LogP contribution in [0.5, 0.6) is 0 Å². The Morgan fingerprint density at radius 1 is 1.33 bits per heavy atom. The fourth-order valence-corrected chi connectivity index (χ4v) is 0.558. The first-order valence-electron chi connectivity index (χ1n) is 3.36. The van der Waals surface area contributed by atoms with Gasteiger partial charge in [0.25, 0.3) is 0 Å². The molecule has 0 aromatic heterocycles. The Morgan fingerprint density at radius 3 is 2.44 bits per heavy atom. The van der Waals surface area contributed by atoms with Crippen molar-refractivity contribution in [2.24, 2.45) is 0 Å². The Bertz CT molecular complexity index is 57.6. The largest absolute Gasteiger partial charge is 0.340 e. The molecule has 0 saturated carbocycles. The maximum atomic E-state index is 3.70. The summed E-state index contributed by atoms with van der Waals surface area (Å²) in [5, 5.41) is 0. The molecule has 1 heteroatoms. The summed E-state index contributed by atoms with van der Waals surface area (Å²) in [5.74, 6) is 0. The first kappa shape index (κ1) is 12.1. The first-order chi connectivity index (χ1) is 3.91. The van der Waals surface area contributed by atoms with E-state index < -0.39 is 0 Å². The van der Waals surface area contributed by atoms with Crippen molar-refractivity contribution in [3.63, 3.8) is 0 Å². The molecule has 0 rings (SSSR count). The van der Waals surface area contributed by atoms with Gasteiger partial charge in [-0.05, 0) is 6.42 Å². The molecule has 0 unspecified atom stereocenters. The third-order valence-electron chi connectivity index (χ3n) is 1.06. The molecule has 54 valence electrons. The molecule has 0 radical (unpaired) electrons. The molecule has 0 nitrogen and oxygen atoms in total. The molecule has 0 spiro atoms. The van der Waals surface area contributed by atoms with Crippen molar-refractivity contribution in [2.75, 3.05) is 0 Å². The van der Waals surface area contributed by atoms with Crippen molar-refractivity contribution in [3.8, 4) is 0 Å². The smallest absolute Gasteiger partial charge is 0 e. The zero-order valence-corrected chi connectivity index (χ0v) is 9.03. The molecule has 0 bridgehead atoms. The number of allylic oxidation sites excluding steroid dienone is 2. The van der Waals surface area contributed by atoms with Crippen LogP contribution in [0.4, 0.5) is 0 Å². The summed E-state index contributed by atoms with van der Waals surface area (Å²) in [5.41, 5.74) is 0. The molecule has 0 fully saturated rings. The van der Waals surface area contributed by atoms with Gasteiger partial charge in [0.2, 0.25) is 0 Å². The Hall–Kier alpha value is 0.428. The summed E-state index contributed by atoms with van der Waals surface area (Å²) < 4.78 is 0. The van der Waals surface area contributed by atoms with Crippen LogP contribution >= 0.6 is 0 Å². The molecule has 0 aromatic rings. The molecule has 0 aliphatic rings. The van der Waals surface area contributed by atoms with Crippen LogP contribution in [0, 0.1) is 6.92 Å². The van der Waals surface area contributed by atoms with Gasteiger partial charge in [-0.3, -0.25) is 0 Å². The zero-order valence-electron chi connectivity index (χ0n) is 6.10. The molecule has 0 atom stereocenters. The Morgan fingerprint density at radius 2 is 2.00 bits per heavy atom. The minimum atomic E-state index is 0. The van der Waals surface area contributed by atoms with E-state index in [1.54, 1.807) is 0 Å². The van der Waals surface area contributed by atoms with Crippen molar-refractivity contribution >= 4 is 0 Å². The van der Waals surface area contributed by atoms with E-state index in [4.69, 9.17) is 0 Å². The second-order valence-electron chi connectivity index (χ2n) is 1.90. The Kier molecular flexibility index (Phi) is 15.2. The maximum Gasteiger partial charge on any atom is 0 e. The summed E-state index contributed by atoms with van der Waals surface area (Å²) in [6, 6.07) is 0. The van der Waals surface area contributed by atoms with E-state index in [1.807, 2.05) is 0 Å². The van der Waals surface area contributed by atoms with Crippen molar-refractivity contribution in [1.82, 2.24) is 0 Å². The predicted molar refractivity (Wildman–Crippen MR) is 38.6 cm³/mol. The minimum absolute atomic E-state index is 0. The van der Waals surface area contributed by atoms with E-state index in [0.717, 1.165) is 6.42 Å². The van der Waals surface area contributed by atoms with Crippen LogP contribution in [0.15, 0.2) is 12.2 Å². The molecule has 9 heavy (non-hydrogen) atoms. The van der Waals surface area contributed by atoms with Crippen LogP contribution in [0.25, 0.3) is 0 Å². The summed E-state index contributed by atoms with van der Waals surface area (Å²) >= 11 is 0. The number of hydrogen-bond donors (Lipinski definition) is 0. The van der Waals surface area contributed by atoms with E-state index in [9.17, 15) is 0 Å². The third-order valence-corrected chi connectivity index (χ3v) is 1.06. The fraction of sp³-hybridized carbons (Fsp3) is 0.625. The van der Waals surface area contributed by atoms with Crippen LogP contribution in [-0.4, -0.2) is 0 Å². The van der Waals surface area contributed by atoms with E-state index in [0.29, 0.717) is 0 Å². The van der Waals surface area contributed by atoms with E-state index in [1.165, 1.54) is 19.3 Å². The fourth-order valence-electron chi connectivity index (χ4n) is 0.558. The molecule has 0 saturated heterocycles. The molecule has 0 aliphatic heterocycles. The quantitative estimate of drug-likeness (QED) is 0.425. The molecule has 0 heterocycles. The molecular weight excluding hydrogens is 280 g/mol. The van der Waals surface area contributed by atoms with Crippen LogP contribution in [0.3, 0.4) is 0 Å². The van der Waals surface area contributed by atoms with Gasteiger partial charge in [-0.25, -0.2) is 0 Å². The normalized spacial score (nSPS) is 9.56. The summed E-state index contributed by atoms with van der Waals surface area (Å²) in [7, 11) is 0. The van der Waals surface area contributed by atoms with E-state index >= 15 is 0 Å². The van der Waals surface area contributed by atoms with Crippen molar-refractivity contribution in [1.29, 1.82) is 0 Å². The number of unbranched alkanes of at least 4 members (excludes halogenated alkanes) is 2. The van der Waals surface area contributed by atoms with Gasteiger partial charge in [0, 0.05) is 21.1 Å². The molecule has 0 amide bonds. The average molecular weight is 295 g/mol. The summed E-state index contributed by atoms with van der Waals surface area (Å²) in [6.07, 6.45) is 9.10. The van der Waals surface area contributed by atoms with Gasteiger partial charge in [0.1, 0.15) is 0 Å². The third kappa shape index (κ3) is 11.8. The summed E-state index contributed by atoms with van der Waals surface area (Å²) in [4.78, 5) is 0. The SMILES string of the molecule is [CH2-]C/C=C/CCCC.[W]. The van der Waals surface area contributed by atoms with Crippen molar-refractivity contribution in [2.45, 2.75) is 32.6 Å². The predicted octanol–water partition coefficient (Wildman–Crippen LogP) is 2.95. The number of rotatable bonds is 4. The van der Waals surface area contributed by atoms with Crippen LogP contribution < -0.4 is 0 Å². The van der Waals surface area contributed by atoms with Gasteiger partial charge in [-0.15, -0.1) is 6.08 Å². The van der Waals surface area contributed by atoms with Gasteiger partial charge in [-0.1, -0.05) is 25.8 Å². The topological polar surface area (TPSA) is 0 Å². The minimum Gasteiger partial charge on any atom is -0.340 e. The van der Waals surface area contributed by atoms with Gasteiger partial charge in [-0.2, -0.15) is 6.42 Å². The van der Waals surface area contributed by atoms with Crippen LogP contribution in [-0.2, 0) is 21.1 Å². The van der Waals surface area contributed by atoms with Crippen LogP contribution in [0.2, 0.25) is 0 Å². The second kappa shape index (κ2) is 11.3. The van der Waals surface area contributed by atoms with Crippen molar-refractivity contribution in [3.05, 3.63) is 19.1 Å². The van der Waals surface area contributed by atoms with Gasteiger partial charge in [0.05, 0.1) is 0 Å². The van der Waals surface area contributed by atoms with Crippen molar-refractivity contribution < 1.29 is 21.1 Å². The molecule has 0 aromatic carbocycles. The molecular formula is C8H15W-. The van der Waals surface area contributed by atoms with E-state index in [2.05, 4.69) is 26.0 Å².